The number of nitrogens with zero attached hydrogens (tertiary/aromatic N) is 2. The number of hydrogen-bond acceptors (Lipinski definition) is 3. The molecule has 1 unspecified atom stereocenters. The number of rotatable bonds is 4. The number of nitrogens with one attached hydrogen (secondary N) is 2. The lowest BCUT2D eigenvalue weighted by Gasteiger charge is -2.24. The Balaban J connectivity index is 1.77. The number of aromatic nitrogens is 2. The molecule has 2 heterocycles. The largest absolute Gasteiger partial charge is 0.382 e. The summed E-state index contributed by atoms with van der Waals surface area (Å²) in [6, 6.07) is 8.34. The molecule has 0 saturated carbocycles. The number of para-hydroxylation sites is 1. The fourth-order valence-corrected chi connectivity index (χ4v) is 2.88. The first kappa shape index (κ1) is 13.5. The normalized spacial score (nSPS) is 18.9. The maximum absolute atomic E-state index is 6.33. The Labute approximate surface area is 124 Å². The van der Waals surface area contributed by atoms with Crippen molar-refractivity contribution in [3.8, 4) is 5.69 Å². The van der Waals surface area contributed by atoms with Crippen molar-refractivity contribution in [2.75, 3.05) is 18.4 Å². The average Bonchev–Trinajstić information content (AvgIpc) is 3.00. The molecule has 20 heavy (non-hydrogen) atoms. The SMILES string of the molecule is Clc1cccc(NCC2CCCCN2)c1-n1cccn1. The van der Waals surface area contributed by atoms with Gasteiger partial charge in [-0.1, -0.05) is 24.1 Å². The molecule has 2 aromatic rings. The third-order valence-corrected chi connectivity index (χ3v) is 3.98. The molecule has 1 saturated heterocycles. The van der Waals surface area contributed by atoms with Crippen LogP contribution in [0.1, 0.15) is 19.3 Å². The van der Waals surface area contributed by atoms with Gasteiger partial charge in [0.15, 0.2) is 0 Å². The van der Waals surface area contributed by atoms with E-state index < -0.39 is 0 Å². The summed E-state index contributed by atoms with van der Waals surface area (Å²) >= 11 is 6.33. The topological polar surface area (TPSA) is 41.9 Å². The van der Waals surface area contributed by atoms with Crippen LogP contribution in [0.3, 0.4) is 0 Å². The fraction of sp³-hybridized carbons (Fsp3) is 0.400. The lowest BCUT2D eigenvalue weighted by atomic mass is 10.1. The van der Waals surface area contributed by atoms with Gasteiger partial charge in [0.25, 0.3) is 0 Å². The van der Waals surface area contributed by atoms with Crippen molar-refractivity contribution in [3.05, 3.63) is 41.7 Å². The Morgan fingerprint density at radius 2 is 2.30 bits per heavy atom. The van der Waals surface area contributed by atoms with Gasteiger partial charge >= 0.3 is 0 Å². The highest BCUT2D eigenvalue weighted by Crippen LogP contribution is 2.28. The summed E-state index contributed by atoms with van der Waals surface area (Å²) in [5, 5.41) is 12.0. The van der Waals surface area contributed by atoms with Crippen LogP contribution in [0.15, 0.2) is 36.7 Å². The van der Waals surface area contributed by atoms with Gasteiger partial charge in [0, 0.05) is 25.0 Å². The monoisotopic (exact) mass is 290 g/mol. The summed E-state index contributed by atoms with van der Waals surface area (Å²) in [5.74, 6) is 0. The Bertz CT molecular complexity index is 547. The summed E-state index contributed by atoms with van der Waals surface area (Å²) in [4.78, 5) is 0. The smallest absolute Gasteiger partial charge is 0.106 e. The zero-order valence-corrected chi connectivity index (χ0v) is 12.1. The molecule has 3 rings (SSSR count). The van der Waals surface area contributed by atoms with E-state index in [1.165, 1.54) is 19.3 Å². The van der Waals surface area contributed by atoms with Gasteiger partial charge in [-0.05, 0) is 37.6 Å². The van der Waals surface area contributed by atoms with Crippen LogP contribution in [-0.2, 0) is 0 Å². The van der Waals surface area contributed by atoms with Crippen molar-refractivity contribution in [1.82, 2.24) is 15.1 Å². The van der Waals surface area contributed by atoms with Gasteiger partial charge in [-0.15, -0.1) is 0 Å². The van der Waals surface area contributed by atoms with E-state index in [2.05, 4.69) is 15.7 Å². The Morgan fingerprint density at radius 1 is 1.35 bits per heavy atom. The first-order valence-corrected chi connectivity index (χ1v) is 7.48. The number of anilines is 1. The second-order valence-electron chi connectivity index (χ2n) is 5.11. The van der Waals surface area contributed by atoms with Crippen LogP contribution in [0.25, 0.3) is 5.69 Å². The standard InChI is InChI=1S/C15H19ClN4/c16-13-6-3-7-14(15(13)20-10-4-9-19-20)18-11-12-5-1-2-8-17-12/h3-4,6-7,9-10,12,17-18H,1-2,5,8,11H2. The van der Waals surface area contributed by atoms with Gasteiger partial charge in [0.05, 0.1) is 10.7 Å². The van der Waals surface area contributed by atoms with E-state index in [4.69, 9.17) is 11.6 Å². The molecule has 1 atom stereocenters. The van der Waals surface area contributed by atoms with Crippen LogP contribution < -0.4 is 10.6 Å². The first-order chi connectivity index (χ1) is 9.84. The summed E-state index contributed by atoms with van der Waals surface area (Å²) in [6.45, 7) is 2.03. The van der Waals surface area contributed by atoms with Gasteiger partial charge in [0.2, 0.25) is 0 Å². The summed E-state index contributed by atoms with van der Waals surface area (Å²) in [5.41, 5.74) is 1.93. The van der Waals surface area contributed by atoms with Gasteiger partial charge in [-0.3, -0.25) is 0 Å². The van der Waals surface area contributed by atoms with Crippen molar-refractivity contribution < 1.29 is 0 Å². The third-order valence-electron chi connectivity index (χ3n) is 3.67. The second-order valence-corrected chi connectivity index (χ2v) is 5.52. The molecule has 1 aromatic heterocycles. The van der Waals surface area contributed by atoms with Crippen molar-refractivity contribution in [2.45, 2.75) is 25.3 Å². The molecule has 106 valence electrons. The van der Waals surface area contributed by atoms with E-state index in [-0.39, 0.29) is 0 Å². The van der Waals surface area contributed by atoms with Crippen LogP contribution >= 0.6 is 11.6 Å². The third kappa shape index (κ3) is 2.97. The lowest BCUT2D eigenvalue weighted by molar-refractivity contribution is 0.414. The summed E-state index contributed by atoms with van der Waals surface area (Å²) in [7, 11) is 0. The van der Waals surface area contributed by atoms with E-state index in [1.807, 2.05) is 30.5 Å². The zero-order valence-electron chi connectivity index (χ0n) is 11.3. The molecular weight excluding hydrogens is 272 g/mol. The van der Waals surface area contributed by atoms with E-state index in [0.29, 0.717) is 11.1 Å². The van der Waals surface area contributed by atoms with E-state index >= 15 is 0 Å². The molecule has 1 aromatic carbocycles. The average molecular weight is 291 g/mol. The molecular formula is C15H19ClN4. The molecule has 1 aliphatic heterocycles. The number of halogens is 1. The zero-order chi connectivity index (χ0) is 13.8. The Hall–Kier alpha value is -1.52. The highest BCUT2D eigenvalue weighted by Gasteiger charge is 2.14. The van der Waals surface area contributed by atoms with Crippen LogP contribution in [0.5, 0.6) is 0 Å². The molecule has 0 spiro atoms. The van der Waals surface area contributed by atoms with Crippen LogP contribution in [0.4, 0.5) is 5.69 Å². The summed E-state index contributed by atoms with van der Waals surface area (Å²) in [6.07, 6.45) is 7.48. The van der Waals surface area contributed by atoms with Crippen molar-refractivity contribution >= 4 is 17.3 Å². The number of benzene rings is 1. The van der Waals surface area contributed by atoms with Crippen LogP contribution in [0.2, 0.25) is 5.02 Å². The van der Waals surface area contributed by atoms with E-state index in [0.717, 1.165) is 24.5 Å². The molecule has 5 heteroatoms. The highest BCUT2D eigenvalue weighted by atomic mass is 35.5. The lowest BCUT2D eigenvalue weighted by Crippen LogP contribution is -2.39. The second kappa shape index (κ2) is 6.29. The quantitative estimate of drug-likeness (QED) is 0.909. The van der Waals surface area contributed by atoms with Gasteiger partial charge in [0.1, 0.15) is 5.69 Å². The van der Waals surface area contributed by atoms with Gasteiger partial charge in [-0.2, -0.15) is 5.10 Å². The minimum absolute atomic E-state index is 0.535. The predicted octanol–water partition coefficient (Wildman–Crippen LogP) is 3.08. The van der Waals surface area contributed by atoms with Crippen molar-refractivity contribution in [3.63, 3.8) is 0 Å². The van der Waals surface area contributed by atoms with Crippen LogP contribution in [0, 0.1) is 0 Å². The maximum atomic E-state index is 6.33. The number of piperidine rings is 1. The van der Waals surface area contributed by atoms with Gasteiger partial charge < -0.3 is 10.6 Å². The van der Waals surface area contributed by atoms with Crippen LogP contribution in [-0.4, -0.2) is 28.9 Å². The highest BCUT2D eigenvalue weighted by molar-refractivity contribution is 6.33. The molecule has 0 aliphatic carbocycles. The minimum atomic E-state index is 0.535. The minimum Gasteiger partial charge on any atom is -0.382 e. The molecule has 1 aliphatic rings. The Kier molecular flexibility index (Phi) is 4.23. The maximum Gasteiger partial charge on any atom is 0.106 e. The summed E-state index contributed by atoms with van der Waals surface area (Å²) < 4.78 is 1.80. The predicted molar refractivity (Wildman–Crippen MR) is 82.7 cm³/mol. The molecule has 0 amide bonds. The molecule has 4 nitrogen and oxygen atoms in total. The Morgan fingerprint density at radius 3 is 3.05 bits per heavy atom. The molecule has 1 fully saturated rings. The van der Waals surface area contributed by atoms with Crippen molar-refractivity contribution in [1.29, 1.82) is 0 Å². The van der Waals surface area contributed by atoms with E-state index in [1.54, 1.807) is 10.9 Å². The number of hydrogen-bond donors (Lipinski definition) is 2. The fourth-order valence-electron chi connectivity index (χ4n) is 2.62. The molecule has 0 bridgehead atoms. The first-order valence-electron chi connectivity index (χ1n) is 7.10. The van der Waals surface area contributed by atoms with Crippen molar-refractivity contribution in [2.24, 2.45) is 0 Å². The van der Waals surface area contributed by atoms with E-state index in [9.17, 15) is 0 Å². The molecule has 2 N–H and O–H groups in total. The molecule has 0 radical (unpaired) electrons. The van der Waals surface area contributed by atoms with Gasteiger partial charge in [-0.25, -0.2) is 4.68 Å².